The quantitative estimate of drug-likeness (QED) is 0.229. The first-order valence-corrected chi connectivity index (χ1v) is 12.6. The average molecular weight is 520 g/mol. The lowest BCUT2D eigenvalue weighted by molar-refractivity contribution is 0.0734. The van der Waals surface area contributed by atoms with Gasteiger partial charge in [-0.3, -0.25) is 4.79 Å². The Morgan fingerprint density at radius 1 is 1.00 bits per heavy atom. The van der Waals surface area contributed by atoms with Crippen LogP contribution in [0.3, 0.4) is 0 Å². The molecule has 0 saturated heterocycles. The van der Waals surface area contributed by atoms with Crippen LogP contribution in [0.25, 0.3) is 16.6 Å². The molecular weight excluding hydrogens is 490 g/mol. The number of hydrogen-bond acceptors (Lipinski definition) is 5. The summed E-state index contributed by atoms with van der Waals surface area (Å²) < 4.78 is 7.34. The largest absolute Gasteiger partial charge is 0.423 e. The first-order valence-electron chi connectivity index (χ1n) is 12.3. The van der Waals surface area contributed by atoms with Crippen LogP contribution >= 0.6 is 11.6 Å². The number of rotatable bonds is 10. The van der Waals surface area contributed by atoms with Crippen LogP contribution in [0.2, 0.25) is 5.02 Å². The highest BCUT2D eigenvalue weighted by Crippen LogP contribution is 2.26. The van der Waals surface area contributed by atoms with E-state index in [9.17, 15) is 14.7 Å². The zero-order valence-corrected chi connectivity index (χ0v) is 21.6. The van der Waals surface area contributed by atoms with Crippen molar-refractivity contribution >= 4 is 34.4 Å². The second-order valence-corrected chi connectivity index (χ2v) is 9.10. The van der Waals surface area contributed by atoms with Gasteiger partial charge in [0.15, 0.2) is 0 Å². The Bertz CT molecular complexity index is 1380. The van der Waals surface area contributed by atoms with Gasteiger partial charge in [0.05, 0.1) is 17.2 Å². The fraction of sp³-hybridized carbons (Fsp3) is 0.241. The molecule has 0 aliphatic rings. The molecule has 1 heterocycles. The second kappa shape index (κ2) is 12.1. The fourth-order valence-corrected chi connectivity index (χ4v) is 4.38. The van der Waals surface area contributed by atoms with E-state index in [1.54, 1.807) is 48.5 Å². The maximum Gasteiger partial charge on any atom is 0.343 e. The Balaban J connectivity index is 1.54. The van der Waals surface area contributed by atoms with Crippen LogP contribution in [-0.2, 0) is 0 Å². The van der Waals surface area contributed by atoms with Crippen LogP contribution < -0.4 is 10.1 Å². The molecule has 7 nitrogen and oxygen atoms in total. The summed E-state index contributed by atoms with van der Waals surface area (Å²) in [5.74, 6) is -0.424. The van der Waals surface area contributed by atoms with Gasteiger partial charge in [-0.1, -0.05) is 49.7 Å². The molecule has 1 amide bonds. The van der Waals surface area contributed by atoms with Crippen molar-refractivity contribution in [3.8, 4) is 11.4 Å². The highest BCUT2D eigenvalue weighted by molar-refractivity contribution is 6.30. The van der Waals surface area contributed by atoms with E-state index in [1.807, 2.05) is 48.7 Å². The smallest absolute Gasteiger partial charge is 0.343 e. The third-order valence-corrected chi connectivity index (χ3v) is 6.41. The Kier molecular flexibility index (Phi) is 8.61. The summed E-state index contributed by atoms with van der Waals surface area (Å²) in [7, 11) is 0. The van der Waals surface area contributed by atoms with Gasteiger partial charge in [-0.25, -0.2) is 4.79 Å². The first-order chi connectivity index (χ1) is 17.9. The van der Waals surface area contributed by atoms with E-state index in [4.69, 9.17) is 16.3 Å². The van der Waals surface area contributed by atoms with E-state index in [-0.39, 0.29) is 12.5 Å². The number of esters is 1. The number of aliphatic hydroxyl groups is 1. The number of nitrogens with one attached hydrogen (secondary N) is 1. The Morgan fingerprint density at radius 2 is 1.73 bits per heavy atom. The molecule has 0 fully saturated rings. The number of carbonyl (C=O) groups is 2. The minimum Gasteiger partial charge on any atom is -0.423 e. The zero-order chi connectivity index (χ0) is 26.4. The lowest BCUT2D eigenvalue weighted by Gasteiger charge is -2.22. The van der Waals surface area contributed by atoms with Gasteiger partial charge >= 0.3 is 5.97 Å². The number of aromatic nitrogens is 1. The van der Waals surface area contributed by atoms with Crippen molar-refractivity contribution in [3.63, 3.8) is 0 Å². The number of carbonyl (C=O) groups excluding carboxylic acids is 2. The van der Waals surface area contributed by atoms with Crippen LogP contribution in [0, 0.1) is 0 Å². The molecule has 192 valence electrons. The molecule has 0 saturated carbocycles. The van der Waals surface area contributed by atoms with Crippen LogP contribution in [0.5, 0.6) is 5.75 Å². The number of amides is 1. The third kappa shape index (κ3) is 6.38. The number of para-hydroxylation sites is 1. The van der Waals surface area contributed by atoms with Crippen molar-refractivity contribution in [3.05, 3.63) is 95.1 Å². The lowest BCUT2D eigenvalue weighted by Crippen LogP contribution is -2.40. The van der Waals surface area contributed by atoms with Gasteiger partial charge < -0.3 is 24.6 Å². The minimum atomic E-state index is -0.671. The molecule has 8 heteroatoms. The van der Waals surface area contributed by atoms with Crippen molar-refractivity contribution in [1.82, 2.24) is 14.8 Å². The van der Waals surface area contributed by atoms with Crippen molar-refractivity contribution in [2.24, 2.45) is 0 Å². The number of hydrogen-bond donors (Lipinski definition) is 2. The number of halogens is 1. The van der Waals surface area contributed by atoms with Gasteiger partial charge in [-0.2, -0.15) is 0 Å². The van der Waals surface area contributed by atoms with E-state index in [2.05, 4.69) is 10.2 Å². The van der Waals surface area contributed by atoms with Crippen LogP contribution in [-0.4, -0.2) is 58.7 Å². The molecule has 1 unspecified atom stereocenters. The van der Waals surface area contributed by atoms with Gasteiger partial charge in [0.2, 0.25) is 0 Å². The van der Waals surface area contributed by atoms with Crippen molar-refractivity contribution in [1.29, 1.82) is 0 Å². The number of ether oxygens (including phenoxy) is 1. The van der Waals surface area contributed by atoms with E-state index < -0.39 is 12.1 Å². The Hall–Kier alpha value is -3.65. The SMILES string of the molecule is CCN(CC)CC(O)CNC(=O)c1cc2ccccc2n1-c1ccc(OC(=O)c2cccc(Cl)c2)cc1. The highest BCUT2D eigenvalue weighted by atomic mass is 35.5. The number of likely N-dealkylation sites (N-methyl/N-ethyl adjacent to an activating group) is 1. The molecule has 4 aromatic rings. The van der Waals surface area contributed by atoms with Crippen LogP contribution in [0.4, 0.5) is 0 Å². The predicted octanol–water partition coefficient (Wildman–Crippen LogP) is 4.94. The number of benzene rings is 3. The summed E-state index contributed by atoms with van der Waals surface area (Å²) in [5, 5.41) is 14.6. The predicted molar refractivity (Wildman–Crippen MR) is 146 cm³/mol. The zero-order valence-electron chi connectivity index (χ0n) is 20.9. The molecule has 2 N–H and O–H groups in total. The molecular formula is C29H30ClN3O4. The van der Waals surface area contributed by atoms with Gasteiger partial charge in [0.25, 0.3) is 5.91 Å². The summed E-state index contributed by atoms with van der Waals surface area (Å²) in [6.07, 6.45) is -0.671. The van der Waals surface area contributed by atoms with E-state index in [1.165, 1.54) is 0 Å². The third-order valence-electron chi connectivity index (χ3n) is 6.17. The molecule has 0 bridgehead atoms. The highest BCUT2D eigenvalue weighted by Gasteiger charge is 2.19. The van der Waals surface area contributed by atoms with E-state index >= 15 is 0 Å². The summed E-state index contributed by atoms with van der Waals surface area (Å²) in [6, 6.07) is 23.1. The van der Waals surface area contributed by atoms with Crippen LogP contribution in [0.1, 0.15) is 34.7 Å². The van der Waals surface area contributed by atoms with Gasteiger partial charge in [-0.05, 0) is 67.7 Å². The number of nitrogens with zero attached hydrogens (tertiary/aromatic N) is 2. The lowest BCUT2D eigenvalue weighted by atomic mass is 10.2. The van der Waals surface area contributed by atoms with Crippen molar-refractivity contribution in [2.75, 3.05) is 26.2 Å². The first kappa shape index (κ1) is 26.4. The molecule has 0 aliphatic carbocycles. The summed E-state index contributed by atoms with van der Waals surface area (Å²) in [4.78, 5) is 27.8. The summed E-state index contributed by atoms with van der Waals surface area (Å²) >= 11 is 5.97. The maximum absolute atomic E-state index is 13.2. The maximum atomic E-state index is 13.2. The summed E-state index contributed by atoms with van der Waals surface area (Å²) in [6.45, 7) is 6.38. The monoisotopic (exact) mass is 519 g/mol. The fourth-order valence-electron chi connectivity index (χ4n) is 4.19. The molecule has 0 aliphatic heterocycles. The molecule has 0 radical (unpaired) electrons. The van der Waals surface area contributed by atoms with Gasteiger partial charge in [-0.15, -0.1) is 0 Å². The molecule has 4 rings (SSSR count). The van der Waals surface area contributed by atoms with Crippen molar-refractivity contribution < 1.29 is 19.4 Å². The van der Waals surface area contributed by atoms with E-state index in [0.717, 1.165) is 29.7 Å². The Morgan fingerprint density at radius 3 is 2.43 bits per heavy atom. The number of fused-ring (bicyclic) bond motifs is 1. The van der Waals surface area contributed by atoms with Gasteiger partial charge in [0.1, 0.15) is 11.4 Å². The molecule has 1 atom stereocenters. The number of aliphatic hydroxyl groups excluding tert-OH is 1. The standard InChI is InChI=1S/C29H30ClN3O4/c1-3-32(4-2)19-24(34)18-31-28(35)27-17-20-8-5-6-11-26(20)33(27)23-12-14-25(15-13-23)37-29(36)21-9-7-10-22(30)16-21/h5-17,24,34H,3-4,18-19H2,1-2H3,(H,31,35). The Labute approximate surface area is 221 Å². The minimum absolute atomic E-state index is 0.148. The molecule has 1 aromatic heterocycles. The average Bonchev–Trinajstić information content (AvgIpc) is 3.30. The molecule has 0 spiro atoms. The van der Waals surface area contributed by atoms with Crippen LogP contribution in [0.15, 0.2) is 78.9 Å². The normalized spacial score (nSPS) is 12.0. The van der Waals surface area contributed by atoms with Crippen molar-refractivity contribution in [2.45, 2.75) is 20.0 Å². The molecule has 3 aromatic carbocycles. The van der Waals surface area contributed by atoms with Gasteiger partial charge in [0, 0.05) is 29.2 Å². The summed E-state index contributed by atoms with van der Waals surface area (Å²) in [5.41, 5.74) is 2.40. The molecule has 37 heavy (non-hydrogen) atoms. The second-order valence-electron chi connectivity index (χ2n) is 8.67. The topological polar surface area (TPSA) is 83.8 Å². The van der Waals surface area contributed by atoms with E-state index in [0.29, 0.717) is 28.6 Å².